The van der Waals surface area contributed by atoms with Crippen LogP contribution < -0.4 is 10.6 Å². The highest BCUT2D eigenvalue weighted by atomic mass is 35.5. The monoisotopic (exact) mass is 312 g/mol. The standard InChI is InChI=1S/C16H24N2O2.ClH/c19-16(15-12-17-13-15)18-9-4-5-10-20-11-8-14-6-2-1-3-7-14;/h1-3,6-7,15,17H,4-5,8-13H2,(H,18,19);1H. The topological polar surface area (TPSA) is 50.4 Å². The molecule has 1 aromatic rings. The van der Waals surface area contributed by atoms with Crippen LogP contribution in [0.15, 0.2) is 30.3 Å². The lowest BCUT2D eigenvalue weighted by atomic mass is 10.0. The molecule has 0 atom stereocenters. The van der Waals surface area contributed by atoms with E-state index in [2.05, 4.69) is 34.9 Å². The molecule has 0 aromatic heterocycles. The van der Waals surface area contributed by atoms with Gasteiger partial charge in [-0.15, -0.1) is 12.4 Å². The Balaban J connectivity index is 0.00000220. The molecule has 1 amide bonds. The number of nitrogens with one attached hydrogen (secondary N) is 2. The fourth-order valence-electron chi connectivity index (χ4n) is 2.10. The predicted octanol–water partition coefficient (Wildman–Crippen LogP) is 1.78. The zero-order chi connectivity index (χ0) is 14.0. The van der Waals surface area contributed by atoms with E-state index in [0.29, 0.717) is 0 Å². The Labute approximate surface area is 133 Å². The molecule has 0 unspecified atom stereocenters. The van der Waals surface area contributed by atoms with Gasteiger partial charge in [0.1, 0.15) is 0 Å². The Bertz CT molecular complexity index is 397. The van der Waals surface area contributed by atoms with E-state index in [4.69, 9.17) is 4.74 Å². The third kappa shape index (κ3) is 6.93. The zero-order valence-corrected chi connectivity index (χ0v) is 13.2. The van der Waals surface area contributed by atoms with Gasteiger partial charge in [-0.05, 0) is 24.8 Å². The molecule has 1 saturated heterocycles. The van der Waals surface area contributed by atoms with Gasteiger partial charge in [0.05, 0.1) is 12.5 Å². The fourth-order valence-corrected chi connectivity index (χ4v) is 2.10. The van der Waals surface area contributed by atoms with Gasteiger partial charge in [-0.3, -0.25) is 4.79 Å². The maximum Gasteiger partial charge on any atom is 0.225 e. The van der Waals surface area contributed by atoms with Gasteiger partial charge >= 0.3 is 0 Å². The first kappa shape index (κ1) is 18.0. The Morgan fingerprint density at radius 3 is 2.62 bits per heavy atom. The molecule has 2 N–H and O–H groups in total. The number of rotatable bonds is 9. The SMILES string of the molecule is Cl.O=C(NCCCCOCCc1ccccc1)C1CNC1. The molecule has 21 heavy (non-hydrogen) atoms. The first-order valence-corrected chi connectivity index (χ1v) is 7.46. The van der Waals surface area contributed by atoms with E-state index >= 15 is 0 Å². The summed E-state index contributed by atoms with van der Waals surface area (Å²) in [6.45, 7) is 3.96. The highest BCUT2D eigenvalue weighted by Gasteiger charge is 2.23. The van der Waals surface area contributed by atoms with E-state index in [9.17, 15) is 4.79 Å². The summed E-state index contributed by atoms with van der Waals surface area (Å²) in [6.07, 6.45) is 2.95. The third-order valence-corrected chi connectivity index (χ3v) is 3.54. The molecule has 1 aliphatic rings. The number of benzene rings is 1. The average Bonchev–Trinajstić information content (AvgIpc) is 2.41. The van der Waals surface area contributed by atoms with Gasteiger partial charge in [0, 0.05) is 26.2 Å². The molecule has 5 heteroatoms. The number of ether oxygens (including phenoxy) is 1. The van der Waals surface area contributed by atoms with Gasteiger partial charge in [-0.25, -0.2) is 0 Å². The van der Waals surface area contributed by atoms with E-state index in [1.165, 1.54) is 5.56 Å². The summed E-state index contributed by atoms with van der Waals surface area (Å²) >= 11 is 0. The first-order valence-electron chi connectivity index (χ1n) is 7.46. The molecule has 118 valence electrons. The van der Waals surface area contributed by atoms with E-state index < -0.39 is 0 Å². The molecule has 1 aromatic carbocycles. The average molecular weight is 313 g/mol. The summed E-state index contributed by atoms with van der Waals surface area (Å²) in [5.74, 6) is 0.380. The van der Waals surface area contributed by atoms with Crippen molar-refractivity contribution < 1.29 is 9.53 Å². The minimum atomic E-state index is 0. The van der Waals surface area contributed by atoms with Crippen LogP contribution in [0.4, 0.5) is 0 Å². The number of carbonyl (C=O) groups excluding carboxylic acids is 1. The molecular weight excluding hydrogens is 288 g/mol. The van der Waals surface area contributed by atoms with Crippen molar-refractivity contribution in [3.8, 4) is 0 Å². The second kappa shape index (κ2) is 10.6. The number of amides is 1. The highest BCUT2D eigenvalue weighted by molar-refractivity contribution is 5.85. The van der Waals surface area contributed by atoms with Crippen LogP contribution in [0.3, 0.4) is 0 Å². The molecule has 0 spiro atoms. The predicted molar refractivity (Wildman–Crippen MR) is 86.8 cm³/mol. The van der Waals surface area contributed by atoms with Gasteiger partial charge in [0.25, 0.3) is 0 Å². The minimum absolute atomic E-state index is 0. The number of unbranched alkanes of at least 4 members (excludes halogenated alkanes) is 1. The second-order valence-corrected chi connectivity index (χ2v) is 5.20. The van der Waals surface area contributed by atoms with E-state index in [1.54, 1.807) is 0 Å². The molecule has 4 nitrogen and oxygen atoms in total. The van der Waals surface area contributed by atoms with E-state index in [-0.39, 0.29) is 24.2 Å². The largest absolute Gasteiger partial charge is 0.381 e. The van der Waals surface area contributed by atoms with Gasteiger partial charge in [0.2, 0.25) is 5.91 Å². The number of hydrogen-bond acceptors (Lipinski definition) is 3. The molecule has 2 rings (SSSR count). The summed E-state index contributed by atoms with van der Waals surface area (Å²) in [4.78, 5) is 11.5. The molecule has 0 bridgehead atoms. The van der Waals surface area contributed by atoms with E-state index in [0.717, 1.165) is 52.1 Å². The maximum atomic E-state index is 11.5. The van der Waals surface area contributed by atoms with Crippen LogP contribution in [-0.2, 0) is 16.0 Å². The van der Waals surface area contributed by atoms with Crippen molar-refractivity contribution in [2.45, 2.75) is 19.3 Å². The molecular formula is C16H25ClN2O2. The van der Waals surface area contributed by atoms with Crippen LogP contribution in [0.1, 0.15) is 18.4 Å². The van der Waals surface area contributed by atoms with Crippen molar-refractivity contribution in [2.75, 3.05) is 32.8 Å². The Kier molecular flexibility index (Phi) is 9.06. The van der Waals surface area contributed by atoms with Gasteiger partial charge in [-0.2, -0.15) is 0 Å². The van der Waals surface area contributed by atoms with Crippen molar-refractivity contribution in [2.24, 2.45) is 5.92 Å². The Hall–Kier alpha value is -1.10. The van der Waals surface area contributed by atoms with Crippen molar-refractivity contribution in [3.63, 3.8) is 0 Å². The molecule has 0 saturated carbocycles. The normalized spacial score (nSPS) is 14.1. The summed E-state index contributed by atoms with van der Waals surface area (Å²) in [5.41, 5.74) is 1.31. The minimum Gasteiger partial charge on any atom is -0.381 e. The maximum absolute atomic E-state index is 11.5. The highest BCUT2D eigenvalue weighted by Crippen LogP contribution is 2.02. The van der Waals surface area contributed by atoms with Crippen molar-refractivity contribution in [3.05, 3.63) is 35.9 Å². The summed E-state index contributed by atoms with van der Waals surface area (Å²) in [7, 11) is 0. The molecule has 0 radical (unpaired) electrons. The summed E-state index contributed by atoms with van der Waals surface area (Å²) in [6, 6.07) is 10.4. The van der Waals surface area contributed by atoms with Crippen LogP contribution in [0.5, 0.6) is 0 Å². The Morgan fingerprint density at radius 2 is 1.95 bits per heavy atom. The fraction of sp³-hybridized carbons (Fsp3) is 0.562. The summed E-state index contributed by atoms with van der Waals surface area (Å²) in [5, 5.41) is 6.07. The molecule has 1 fully saturated rings. The number of hydrogen-bond donors (Lipinski definition) is 2. The van der Waals surface area contributed by atoms with E-state index in [1.807, 2.05) is 6.07 Å². The lowest BCUT2D eigenvalue weighted by molar-refractivity contribution is -0.126. The van der Waals surface area contributed by atoms with Crippen LogP contribution in [-0.4, -0.2) is 38.8 Å². The Morgan fingerprint density at radius 1 is 1.19 bits per heavy atom. The molecule has 0 aliphatic carbocycles. The van der Waals surface area contributed by atoms with Crippen LogP contribution in [0.25, 0.3) is 0 Å². The van der Waals surface area contributed by atoms with Crippen molar-refractivity contribution in [1.82, 2.24) is 10.6 Å². The smallest absolute Gasteiger partial charge is 0.225 e. The molecule has 1 aliphatic heterocycles. The first-order chi connectivity index (χ1) is 9.86. The van der Waals surface area contributed by atoms with Gasteiger partial charge in [-0.1, -0.05) is 30.3 Å². The third-order valence-electron chi connectivity index (χ3n) is 3.54. The number of halogens is 1. The van der Waals surface area contributed by atoms with Gasteiger partial charge < -0.3 is 15.4 Å². The summed E-state index contributed by atoms with van der Waals surface area (Å²) < 4.78 is 5.60. The lowest BCUT2D eigenvalue weighted by Gasteiger charge is -2.25. The lowest BCUT2D eigenvalue weighted by Crippen LogP contribution is -2.50. The van der Waals surface area contributed by atoms with Crippen molar-refractivity contribution in [1.29, 1.82) is 0 Å². The van der Waals surface area contributed by atoms with Crippen molar-refractivity contribution >= 4 is 18.3 Å². The molecule has 1 heterocycles. The van der Waals surface area contributed by atoms with Crippen LogP contribution >= 0.6 is 12.4 Å². The van der Waals surface area contributed by atoms with Gasteiger partial charge in [0.15, 0.2) is 0 Å². The quantitative estimate of drug-likeness (QED) is 0.684. The van der Waals surface area contributed by atoms with Crippen LogP contribution in [0, 0.1) is 5.92 Å². The number of carbonyl (C=O) groups is 1. The van der Waals surface area contributed by atoms with Crippen LogP contribution in [0.2, 0.25) is 0 Å². The second-order valence-electron chi connectivity index (χ2n) is 5.20. The zero-order valence-electron chi connectivity index (χ0n) is 12.3.